The van der Waals surface area contributed by atoms with E-state index in [-0.39, 0.29) is 5.43 Å². The lowest BCUT2D eigenvalue weighted by Crippen LogP contribution is -2.28. The van der Waals surface area contributed by atoms with Gasteiger partial charge in [-0.1, -0.05) is 17.7 Å². The first-order valence-corrected chi connectivity index (χ1v) is 7.89. The van der Waals surface area contributed by atoms with E-state index in [1.165, 1.54) is 12.2 Å². The molecule has 0 spiro atoms. The number of hydrogen-bond acceptors (Lipinski definition) is 3. The van der Waals surface area contributed by atoms with Gasteiger partial charge in [0.25, 0.3) is 0 Å². The van der Waals surface area contributed by atoms with Gasteiger partial charge < -0.3 is 10.3 Å². The minimum atomic E-state index is 0.0221. The highest BCUT2D eigenvalue weighted by Gasteiger charge is 2.14. The van der Waals surface area contributed by atoms with Crippen molar-refractivity contribution in [1.29, 1.82) is 0 Å². The zero-order valence-corrected chi connectivity index (χ0v) is 12.0. The van der Waals surface area contributed by atoms with Crippen molar-refractivity contribution >= 4 is 34.3 Å². The minimum Gasteiger partial charge on any atom is -0.356 e. The van der Waals surface area contributed by atoms with Crippen molar-refractivity contribution in [3.8, 4) is 0 Å². The third-order valence-corrected chi connectivity index (χ3v) is 4.86. The SMILES string of the molecule is O=c1cc(CNC2CCSC2)[nH]c2c(Cl)cccc12. The van der Waals surface area contributed by atoms with E-state index in [0.717, 1.165) is 17.0 Å². The van der Waals surface area contributed by atoms with Gasteiger partial charge in [-0.2, -0.15) is 11.8 Å². The number of nitrogens with one attached hydrogen (secondary N) is 2. The molecular weight excluding hydrogens is 280 g/mol. The molecule has 2 heterocycles. The Bertz CT molecular complexity index is 649. The highest BCUT2D eigenvalue weighted by atomic mass is 35.5. The molecule has 1 aromatic heterocycles. The zero-order valence-electron chi connectivity index (χ0n) is 10.4. The zero-order chi connectivity index (χ0) is 13.2. The first-order valence-electron chi connectivity index (χ1n) is 6.35. The number of aromatic amines is 1. The lowest BCUT2D eigenvalue weighted by atomic mass is 10.2. The quantitative estimate of drug-likeness (QED) is 0.915. The van der Waals surface area contributed by atoms with Crippen LogP contribution in [0, 0.1) is 0 Å². The van der Waals surface area contributed by atoms with E-state index in [0.29, 0.717) is 23.0 Å². The average Bonchev–Trinajstić information content (AvgIpc) is 2.91. The molecule has 0 radical (unpaired) electrons. The number of rotatable bonds is 3. The van der Waals surface area contributed by atoms with Gasteiger partial charge in [0, 0.05) is 35.5 Å². The fourth-order valence-electron chi connectivity index (χ4n) is 2.33. The van der Waals surface area contributed by atoms with Crippen molar-refractivity contribution in [2.45, 2.75) is 19.0 Å². The number of benzene rings is 1. The Hall–Kier alpha value is -0.970. The van der Waals surface area contributed by atoms with E-state index >= 15 is 0 Å². The Labute approximate surface area is 120 Å². The monoisotopic (exact) mass is 294 g/mol. The molecule has 1 aliphatic heterocycles. The van der Waals surface area contributed by atoms with E-state index in [1.807, 2.05) is 11.8 Å². The Morgan fingerprint density at radius 1 is 1.47 bits per heavy atom. The molecule has 1 unspecified atom stereocenters. The lowest BCUT2D eigenvalue weighted by molar-refractivity contribution is 0.552. The summed E-state index contributed by atoms with van der Waals surface area (Å²) in [6.07, 6.45) is 1.20. The van der Waals surface area contributed by atoms with Crippen molar-refractivity contribution in [2.24, 2.45) is 0 Å². The highest BCUT2D eigenvalue weighted by Crippen LogP contribution is 2.20. The summed E-state index contributed by atoms with van der Waals surface area (Å²) in [5.74, 6) is 2.37. The molecule has 19 heavy (non-hydrogen) atoms. The standard InChI is InChI=1S/C14H15ClN2OS/c15-12-3-1-2-11-13(18)6-10(17-14(11)12)7-16-9-4-5-19-8-9/h1-3,6,9,16H,4-5,7-8H2,(H,17,18). The Morgan fingerprint density at radius 2 is 2.37 bits per heavy atom. The van der Waals surface area contributed by atoms with Crippen molar-refractivity contribution < 1.29 is 0 Å². The van der Waals surface area contributed by atoms with Gasteiger partial charge in [-0.05, 0) is 24.3 Å². The largest absolute Gasteiger partial charge is 0.356 e. The number of halogens is 1. The molecule has 1 aromatic carbocycles. The predicted octanol–water partition coefficient (Wildman–Crippen LogP) is 2.78. The molecule has 1 fully saturated rings. The summed E-state index contributed by atoms with van der Waals surface area (Å²) in [6.45, 7) is 0.682. The summed E-state index contributed by atoms with van der Waals surface area (Å²) in [7, 11) is 0. The molecule has 2 aromatic rings. The summed E-state index contributed by atoms with van der Waals surface area (Å²) in [6, 6.07) is 7.60. The molecular formula is C14H15ClN2OS. The van der Waals surface area contributed by atoms with E-state index < -0.39 is 0 Å². The van der Waals surface area contributed by atoms with E-state index in [2.05, 4.69) is 10.3 Å². The molecule has 1 saturated heterocycles. The van der Waals surface area contributed by atoms with Gasteiger partial charge >= 0.3 is 0 Å². The van der Waals surface area contributed by atoms with Crippen LogP contribution in [-0.4, -0.2) is 22.5 Å². The van der Waals surface area contributed by atoms with Gasteiger partial charge in [0.05, 0.1) is 10.5 Å². The molecule has 3 rings (SSSR count). The van der Waals surface area contributed by atoms with Crippen LogP contribution in [0.3, 0.4) is 0 Å². The van der Waals surface area contributed by atoms with Crippen molar-refractivity contribution in [2.75, 3.05) is 11.5 Å². The maximum atomic E-state index is 12.0. The number of H-pyrrole nitrogens is 1. The summed E-state index contributed by atoms with van der Waals surface area (Å²) in [5.41, 5.74) is 1.64. The van der Waals surface area contributed by atoms with Crippen LogP contribution in [0.5, 0.6) is 0 Å². The van der Waals surface area contributed by atoms with Gasteiger partial charge in [0.1, 0.15) is 0 Å². The number of fused-ring (bicyclic) bond motifs is 1. The Morgan fingerprint density at radius 3 is 3.16 bits per heavy atom. The summed E-state index contributed by atoms with van der Waals surface area (Å²) >= 11 is 8.10. The molecule has 0 bridgehead atoms. The number of thioether (sulfide) groups is 1. The van der Waals surface area contributed by atoms with Gasteiger partial charge in [-0.25, -0.2) is 0 Å². The minimum absolute atomic E-state index is 0.0221. The molecule has 100 valence electrons. The third-order valence-electron chi connectivity index (χ3n) is 3.38. The molecule has 0 amide bonds. The van der Waals surface area contributed by atoms with Gasteiger partial charge in [-0.15, -0.1) is 0 Å². The van der Waals surface area contributed by atoms with Crippen LogP contribution in [0.25, 0.3) is 10.9 Å². The van der Waals surface area contributed by atoms with Gasteiger partial charge in [-0.3, -0.25) is 4.79 Å². The van der Waals surface area contributed by atoms with Crippen LogP contribution in [0.4, 0.5) is 0 Å². The van der Waals surface area contributed by atoms with Crippen LogP contribution in [-0.2, 0) is 6.54 Å². The first kappa shape index (κ1) is 13.0. The topological polar surface area (TPSA) is 44.9 Å². The van der Waals surface area contributed by atoms with Crippen LogP contribution in [0.15, 0.2) is 29.1 Å². The van der Waals surface area contributed by atoms with Crippen LogP contribution < -0.4 is 10.7 Å². The first-order chi connectivity index (χ1) is 9.24. The Kier molecular flexibility index (Phi) is 3.82. The summed E-state index contributed by atoms with van der Waals surface area (Å²) < 4.78 is 0. The summed E-state index contributed by atoms with van der Waals surface area (Å²) in [5, 5.41) is 4.71. The van der Waals surface area contributed by atoms with Crippen LogP contribution in [0.2, 0.25) is 5.02 Å². The van der Waals surface area contributed by atoms with Crippen molar-refractivity contribution in [1.82, 2.24) is 10.3 Å². The molecule has 1 atom stereocenters. The van der Waals surface area contributed by atoms with Crippen molar-refractivity contribution in [3.05, 3.63) is 45.2 Å². The number of aromatic nitrogens is 1. The second-order valence-corrected chi connectivity index (χ2v) is 6.32. The maximum absolute atomic E-state index is 12.0. The van der Waals surface area contributed by atoms with E-state index in [1.54, 1.807) is 24.3 Å². The number of pyridine rings is 1. The molecule has 5 heteroatoms. The van der Waals surface area contributed by atoms with Gasteiger partial charge in [0.15, 0.2) is 5.43 Å². The van der Waals surface area contributed by atoms with Gasteiger partial charge in [0.2, 0.25) is 0 Å². The molecule has 0 aliphatic carbocycles. The van der Waals surface area contributed by atoms with Crippen LogP contribution >= 0.6 is 23.4 Å². The van der Waals surface area contributed by atoms with Crippen molar-refractivity contribution in [3.63, 3.8) is 0 Å². The van der Waals surface area contributed by atoms with E-state index in [4.69, 9.17) is 11.6 Å². The lowest BCUT2D eigenvalue weighted by Gasteiger charge is -2.11. The number of hydrogen-bond donors (Lipinski definition) is 2. The summed E-state index contributed by atoms with van der Waals surface area (Å²) in [4.78, 5) is 15.3. The second kappa shape index (κ2) is 5.57. The molecule has 0 saturated carbocycles. The van der Waals surface area contributed by atoms with E-state index in [9.17, 15) is 4.79 Å². The molecule has 1 aliphatic rings. The second-order valence-electron chi connectivity index (χ2n) is 4.76. The average molecular weight is 295 g/mol. The van der Waals surface area contributed by atoms with Crippen LogP contribution in [0.1, 0.15) is 12.1 Å². The maximum Gasteiger partial charge on any atom is 0.189 e. The normalized spacial score (nSPS) is 19.1. The molecule has 3 nitrogen and oxygen atoms in total. The fraction of sp³-hybridized carbons (Fsp3) is 0.357. The predicted molar refractivity (Wildman–Crippen MR) is 82.1 cm³/mol. The molecule has 2 N–H and O–H groups in total. The fourth-order valence-corrected chi connectivity index (χ4v) is 3.74. The third kappa shape index (κ3) is 2.81. The highest BCUT2D eigenvalue weighted by molar-refractivity contribution is 7.99. The Balaban J connectivity index is 1.87. The number of para-hydroxylation sites is 1. The smallest absolute Gasteiger partial charge is 0.189 e.